The Morgan fingerprint density at radius 1 is 1.41 bits per heavy atom. The molecule has 1 saturated heterocycles. The van der Waals surface area contributed by atoms with Gasteiger partial charge in [-0.3, -0.25) is 0 Å². The fraction of sp³-hybridized carbons (Fsp3) is 0.556. The van der Waals surface area contributed by atoms with Gasteiger partial charge >= 0.3 is 0 Å². The Balaban J connectivity index is 2.31. The summed E-state index contributed by atoms with van der Waals surface area (Å²) < 4.78 is 40.6. The first-order valence-corrected chi connectivity index (χ1v) is 6.66. The number of hydrogen-bond donors (Lipinski definition) is 1. The lowest BCUT2D eigenvalue weighted by atomic mass is 9.99. The second-order valence-corrected chi connectivity index (χ2v) is 5.64. The van der Waals surface area contributed by atoms with E-state index in [0.29, 0.717) is 13.0 Å². The molecular formula is C9H12FN3O3S. The molecule has 0 saturated carbocycles. The topological polar surface area (TPSA) is 95.2 Å². The quantitative estimate of drug-likeness (QED) is 0.794. The Hall–Kier alpha value is -1.12. The lowest BCUT2D eigenvalue weighted by Crippen LogP contribution is -2.41. The average Bonchev–Trinajstić information content (AvgIpc) is 2.29. The van der Waals surface area contributed by atoms with Crippen molar-refractivity contribution in [3.63, 3.8) is 0 Å². The Bertz CT molecular complexity index is 491. The third-order valence-corrected chi connectivity index (χ3v) is 4.01. The molecule has 2 N–H and O–H groups in total. The first-order chi connectivity index (χ1) is 7.98. The molecule has 2 heterocycles. The fourth-order valence-electron chi connectivity index (χ4n) is 1.84. The van der Waals surface area contributed by atoms with Crippen LogP contribution in [0.15, 0.2) is 12.4 Å². The van der Waals surface area contributed by atoms with Crippen molar-refractivity contribution in [2.24, 2.45) is 5.14 Å². The number of ether oxygens (including phenoxy) is 1. The number of nitrogens with zero attached hydrogens (tertiary/aromatic N) is 2. The summed E-state index contributed by atoms with van der Waals surface area (Å²) in [6.45, 7) is 0.432. The van der Waals surface area contributed by atoms with Gasteiger partial charge in [-0.2, -0.15) is 0 Å². The van der Waals surface area contributed by atoms with Crippen molar-refractivity contribution in [3.05, 3.63) is 24.0 Å². The molecule has 0 aromatic carbocycles. The molecule has 1 aliphatic rings. The Morgan fingerprint density at radius 2 is 2.06 bits per heavy atom. The van der Waals surface area contributed by atoms with Crippen molar-refractivity contribution < 1.29 is 17.5 Å². The predicted molar refractivity (Wildman–Crippen MR) is 57.1 cm³/mol. The number of nitrogens with two attached hydrogens (primary N) is 1. The van der Waals surface area contributed by atoms with E-state index in [1.54, 1.807) is 0 Å². The Kier molecular flexibility index (Phi) is 3.36. The molecule has 2 atom stereocenters. The lowest BCUT2D eigenvalue weighted by molar-refractivity contribution is 0.0861. The first-order valence-electron chi connectivity index (χ1n) is 5.05. The van der Waals surface area contributed by atoms with Crippen LogP contribution in [0.3, 0.4) is 0 Å². The number of halogens is 1. The zero-order valence-electron chi connectivity index (χ0n) is 8.91. The molecular weight excluding hydrogens is 249 g/mol. The zero-order valence-corrected chi connectivity index (χ0v) is 9.73. The standard InChI is InChI=1S/C9H12FN3O3S/c10-6-3-12-9(13-4-6)7-1-2-16-5-8(7)17(11,14)15/h3-4,7-8H,1-2,5H2,(H2,11,14,15)/t7-,8-/m1/s1. The SMILES string of the molecule is NS(=O)(=O)[C@@H]1COCC[C@H]1c1ncc(F)cn1. The van der Waals surface area contributed by atoms with Crippen LogP contribution >= 0.6 is 0 Å². The molecule has 8 heteroatoms. The summed E-state index contributed by atoms with van der Waals surface area (Å²) >= 11 is 0. The summed E-state index contributed by atoms with van der Waals surface area (Å²) in [4.78, 5) is 7.61. The summed E-state index contributed by atoms with van der Waals surface area (Å²) in [6, 6.07) is 0. The van der Waals surface area contributed by atoms with Gasteiger partial charge in [0.2, 0.25) is 10.0 Å². The van der Waals surface area contributed by atoms with Crippen molar-refractivity contribution in [2.75, 3.05) is 13.2 Å². The summed E-state index contributed by atoms with van der Waals surface area (Å²) in [7, 11) is -3.73. The van der Waals surface area contributed by atoms with E-state index in [1.165, 1.54) is 0 Å². The van der Waals surface area contributed by atoms with Crippen LogP contribution in [0.4, 0.5) is 4.39 Å². The van der Waals surface area contributed by atoms with Crippen molar-refractivity contribution in [1.82, 2.24) is 9.97 Å². The van der Waals surface area contributed by atoms with Gasteiger partial charge in [0.25, 0.3) is 0 Å². The van der Waals surface area contributed by atoms with Crippen LogP contribution in [0.5, 0.6) is 0 Å². The normalized spacial score (nSPS) is 25.8. The van der Waals surface area contributed by atoms with Crippen LogP contribution in [0.2, 0.25) is 0 Å². The van der Waals surface area contributed by atoms with E-state index in [4.69, 9.17) is 9.88 Å². The lowest BCUT2D eigenvalue weighted by Gasteiger charge is -2.28. The number of rotatable bonds is 2. The molecule has 0 amide bonds. The van der Waals surface area contributed by atoms with Crippen LogP contribution in [0, 0.1) is 5.82 Å². The highest BCUT2D eigenvalue weighted by Gasteiger charge is 2.36. The monoisotopic (exact) mass is 261 g/mol. The number of sulfonamides is 1. The van der Waals surface area contributed by atoms with E-state index in [9.17, 15) is 12.8 Å². The summed E-state index contributed by atoms with van der Waals surface area (Å²) in [5, 5.41) is 4.26. The summed E-state index contributed by atoms with van der Waals surface area (Å²) in [5.74, 6) is -0.721. The maximum atomic E-state index is 12.7. The van der Waals surface area contributed by atoms with Crippen LogP contribution in [-0.4, -0.2) is 36.8 Å². The fourth-order valence-corrected chi connectivity index (χ4v) is 2.85. The third-order valence-electron chi connectivity index (χ3n) is 2.70. The van der Waals surface area contributed by atoms with E-state index in [-0.39, 0.29) is 12.4 Å². The van der Waals surface area contributed by atoms with Crippen LogP contribution in [0.1, 0.15) is 18.2 Å². The molecule has 0 spiro atoms. The molecule has 2 rings (SSSR count). The van der Waals surface area contributed by atoms with Crippen molar-refractivity contribution >= 4 is 10.0 Å². The van der Waals surface area contributed by atoms with Gasteiger partial charge in [0, 0.05) is 12.5 Å². The van der Waals surface area contributed by atoms with E-state index in [0.717, 1.165) is 12.4 Å². The van der Waals surface area contributed by atoms with Gasteiger partial charge in [-0.25, -0.2) is 27.9 Å². The predicted octanol–water partition coefficient (Wildman–Crippen LogP) is -0.223. The van der Waals surface area contributed by atoms with Crippen molar-refractivity contribution in [2.45, 2.75) is 17.6 Å². The first kappa shape index (κ1) is 12.3. The molecule has 0 aliphatic carbocycles. The van der Waals surface area contributed by atoms with Crippen LogP contribution in [-0.2, 0) is 14.8 Å². The van der Waals surface area contributed by atoms with Crippen LogP contribution < -0.4 is 5.14 Å². The van der Waals surface area contributed by atoms with Gasteiger partial charge in [0.1, 0.15) is 11.1 Å². The maximum Gasteiger partial charge on any atom is 0.214 e. The second kappa shape index (κ2) is 4.63. The molecule has 0 bridgehead atoms. The average molecular weight is 261 g/mol. The Morgan fingerprint density at radius 3 is 2.65 bits per heavy atom. The van der Waals surface area contributed by atoms with Gasteiger partial charge in [0.05, 0.1) is 19.0 Å². The molecule has 0 unspecified atom stereocenters. The minimum absolute atomic E-state index is 0.0181. The molecule has 1 aromatic rings. The van der Waals surface area contributed by atoms with E-state index < -0.39 is 27.0 Å². The van der Waals surface area contributed by atoms with Gasteiger partial charge in [0.15, 0.2) is 5.82 Å². The minimum atomic E-state index is -3.73. The van der Waals surface area contributed by atoms with Gasteiger partial charge in [-0.1, -0.05) is 0 Å². The molecule has 94 valence electrons. The molecule has 1 fully saturated rings. The Labute approximate surface area is 98.1 Å². The number of aromatic nitrogens is 2. The highest BCUT2D eigenvalue weighted by Crippen LogP contribution is 2.28. The molecule has 1 aromatic heterocycles. The third kappa shape index (κ3) is 2.76. The van der Waals surface area contributed by atoms with Crippen LogP contribution in [0.25, 0.3) is 0 Å². The van der Waals surface area contributed by atoms with Gasteiger partial charge in [-0.15, -0.1) is 0 Å². The summed E-state index contributed by atoms with van der Waals surface area (Å²) in [5.41, 5.74) is 0. The van der Waals surface area contributed by atoms with Gasteiger partial charge in [-0.05, 0) is 6.42 Å². The summed E-state index contributed by atoms with van der Waals surface area (Å²) in [6.07, 6.45) is 2.47. The largest absolute Gasteiger partial charge is 0.380 e. The molecule has 17 heavy (non-hydrogen) atoms. The zero-order chi connectivity index (χ0) is 12.5. The van der Waals surface area contributed by atoms with E-state index in [1.807, 2.05) is 0 Å². The maximum absolute atomic E-state index is 12.7. The smallest absolute Gasteiger partial charge is 0.214 e. The van der Waals surface area contributed by atoms with E-state index >= 15 is 0 Å². The molecule has 0 radical (unpaired) electrons. The number of hydrogen-bond acceptors (Lipinski definition) is 5. The van der Waals surface area contributed by atoms with Gasteiger partial charge < -0.3 is 4.74 Å². The number of primary sulfonamides is 1. The molecule has 6 nitrogen and oxygen atoms in total. The van der Waals surface area contributed by atoms with Crippen molar-refractivity contribution in [1.29, 1.82) is 0 Å². The highest BCUT2D eigenvalue weighted by molar-refractivity contribution is 7.89. The molecule has 1 aliphatic heterocycles. The minimum Gasteiger partial charge on any atom is -0.380 e. The van der Waals surface area contributed by atoms with Crippen molar-refractivity contribution in [3.8, 4) is 0 Å². The second-order valence-electron chi connectivity index (χ2n) is 3.86. The highest BCUT2D eigenvalue weighted by atomic mass is 32.2. The van der Waals surface area contributed by atoms with E-state index in [2.05, 4.69) is 9.97 Å².